The van der Waals surface area contributed by atoms with Gasteiger partial charge in [0.05, 0.1) is 35.8 Å². The molecule has 3 fully saturated rings. The number of fused-ring (bicyclic) bond motifs is 1. The fraction of sp³-hybridized carbons (Fsp3) is 0.800. The zero-order valence-corrected chi connectivity index (χ0v) is 23.3. The average Bonchev–Trinajstić information content (AvgIpc) is 3.36. The maximum absolute atomic E-state index is 14.3. The summed E-state index contributed by atoms with van der Waals surface area (Å²) in [4.78, 5) is 44.9. The van der Waals surface area contributed by atoms with Crippen LogP contribution in [0.4, 0.5) is 0 Å². The summed E-state index contributed by atoms with van der Waals surface area (Å²) < 4.78 is 4.66. The highest BCUT2D eigenvalue weighted by Crippen LogP contribution is 2.68. The van der Waals surface area contributed by atoms with E-state index in [2.05, 4.69) is 29.4 Å². The third-order valence-electron chi connectivity index (χ3n) is 7.68. The molecular formula is C25H39BrN2O5S. The van der Waals surface area contributed by atoms with Crippen molar-refractivity contribution in [3.63, 3.8) is 0 Å². The molecule has 1 N–H and O–H groups in total. The number of rotatable bonds is 11. The van der Waals surface area contributed by atoms with Crippen LogP contribution in [0.15, 0.2) is 12.7 Å². The van der Waals surface area contributed by atoms with Crippen molar-refractivity contribution in [2.45, 2.75) is 86.8 Å². The second-order valence-electron chi connectivity index (χ2n) is 10.1. The van der Waals surface area contributed by atoms with E-state index in [1.807, 2.05) is 25.7 Å². The minimum Gasteiger partial charge on any atom is -0.466 e. The van der Waals surface area contributed by atoms with E-state index in [4.69, 9.17) is 4.74 Å². The van der Waals surface area contributed by atoms with E-state index in [1.54, 1.807) is 29.7 Å². The number of halogens is 1. The minimum absolute atomic E-state index is 0.00116. The Labute approximate surface area is 216 Å². The number of aliphatic hydroxyl groups is 1. The Morgan fingerprint density at radius 1 is 1.38 bits per heavy atom. The van der Waals surface area contributed by atoms with Crippen molar-refractivity contribution in [3.05, 3.63) is 12.7 Å². The summed E-state index contributed by atoms with van der Waals surface area (Å²) in [5.74, 6) is -1.99. The smallest absolute Gasteiger partial charge is 0.310 e. The van der Waals surface area contributed by atoms with Crippen molar-refractivity contribution in [1.82, 2.24) is 9.80 Å². The lowest BCUT2D eigenvalue weighted by molar-refractivity contribution is -0.154. The number of nitrogens with zero attached hydrogens (tertiary/aromatic N) is 2. The number of hydrogen-bond donors (Lipinski definition) is 1. The summed E-state index contributed by atoms with van der Waals surface area (Å²) in [6.07, 6.45) is 4.11. The van der Waals surface area contributed by atoms with Gasteiger partial charge in [-0.1, -0.05) is 49.2 Å². The van der Waals surface area contributed by atoms with Crippen LogP contribution in [-0.2, 0) is 19.1 Å². The van der Waals surface area contributed by atoms with Crippen LogP contribution in [0.2, 0.25) is 0 Å². The summed E-state index contributed by atoms with van der Waals surface area (Å²) in [6.45, 7) is 14.0. The molecule has 2 amide bonds. The van der Waals surface area contributed by atoms with Crippen molar-refractivity contribution >= 4 is 45.5 Å². The van der Waals surface area contributed by atoms with Crippen LogP contribution in [0.1, 0.15) is 53.9 Å². The number of carbonyl (C=O) groups excluding carboxylic acids is 3. The number of ether oxygens (including phenoxy) is 1. The Morgan fingerprint density at radius 3 is 2.59 bits per heavy atom. The van der Waals surface area contributed by atoms with E-state index >= 15 is 0 Å². The zero-order valence-electron chi connectivity index (χ0n) is 20.9. The van der Waals surface area contributed by atoms with Crippen LogP contribution in [0, 0.1) is 17.8 Å². The van der Waals surface area contributed by atoms with Crippen LogP contribution in [0.25, 0.3) is 0 Å². The molecule has 0 aromatic heterocycles. The predicted octanol–water partition coefficient (Wildman–Crippen LogP) is 3.23. The highest BCUT2D eigenvalue weighted by molar-refractivity contribution is 9.09. The first-order valence-corrected chi connectivity index (χ1v) is 14.2. The fourth-order valence-corrected chi connectivity index (χ4v) is 9.77. The molecule has 3 saturated heterocycles. The number of likely N-dealkylation sites (tertiary alicyclic amines) is 1. The largest absolute Gasteiger partial charge is 0.466 e. The van der Waals surface area contributed by atoms with Gasteiger partial charge in [-0.15, -0.1) is 18.3 Å². The maximum Gasteiger partial charge on any atom is 0.310 e. The summed E-state index contributed by atoms with van der Waals surface area (Å²) in [6, 6.07) is -1.28. The number of thioether (sulfide) groups is 1. The van der Waals surface area contributed by atoms with Crippen LogP contribution >= 0.6 is 27.7 Å². The van der Waals surface area contributed by atoms with Gasteiger partial charge < -0.3 is 19.6 Å². The first-order valence-electron chi connectivity index (χ1n) is 12.4. The first-order chi connectivity index (χ1) is 16.1. The normalized spacial score (nSPS) is 33.7. The van der Waals surface area contributed by atoms with E-state index in [-0.39, 0.29) is 53.0 Å². The lowest BCUT2D eigenvalue weighted by atomic mass is 9.71. The van der Waals surface area contributed by atoms with Gasteiger partial charge in [0.2, 0.25) is 11.8 Å². The first kappa shape index (κ1) is 27.5. The monoisotopic (exact) mass is 558 g/mol. The van der Waals surface area contributed by atoms with Crippen molar-refractivity contribution in [2.24, 2.45) is 17.8 Å². The molecule has 8 atom stereocenters. The molecule has 3 rings (SSSR count). The molecule has 4 unspecified atom stereocenters. The third kappa shape index (κ3) is 4.34. The van der Waals surface area contributed by atoms with E-state index < -0.39 is 28.7 Å². The van der Waals surface area contributed by atoms with Gasteiger partial charge in [0.25, 0.3) is 0 Å². The SMILES string of the molecule is C=CCN(C(=O)C1N([C@@H](CO)C(C)C)C(=O)[C@@H]2[C@@H](C(=O)OCC)[C@@H]3SC12CC3Br)C(C)CCC. The van der Waals surface area contributed by atoms with Crippen LogP contribution in [0.3, 0.4) is 0 Å². The van der Waals surface area contributed by atoms with Crippen molar-refractivity contribution in [3.8, 4) is 0 Å². The van der Waals surface area contributed by atoms with Gasteiger partial charge in [0.15, 0.2) is 0 Å². The lowest BCUT2D eigenvalue weighted by Gasteiger charge is -2.42. The molecule has 192 valence electrons. The number of amides is 2. The molecule has 0 aliphatic carbocycles. The quantitative estimate of drug-likeness (QED) is 0.238. The van der Waals surface area contributed by atoms with E-state index in [1.165, 1.54) is 0 Å². The average molecular weight is 560 g/mol. The third-order valence-corrected chi connectivity index (χ3v) is 10.9. The Hall–Kier alpha value is -1.06. The van der Waals surface area contributed by atoms with Gasteiger partial charge in [0.1, 0.15) is 6.04 Å². The molecule has 3 aliphatic heterocycles. The van der Waals surface area contributed by atoms with Crippen LogP contribution < -0.4 is 0 Å². The standard InChI is InChI=1S/C25H39BrN2O5S/c1-7-10-15(6)27(11-8-2)23(31)21-25-12-16(26)20(34-25)18(24(32)33-9-3)19(25)22(30)28(21)17(13-29)14(4)5/h8,14-21,29H,2,7,9-13H2,1,3-6H3/t15?,16?,17-,18+,19-,20+,21?,25?/m0/s1. The number of carbonyl (C=O) groups is 3. The van der Waals surface area contributed by atoms with E-state index in [0.29, 0.717) is 13.0 Å². The number of alkyl halides is 1. The topological polar surface area (TPSA) is 87.2 Å². The molecule has 0 saturated carbocycles. The van der Waals surface area contributed by atoms with Crippen molar-refractivity contribution in [1.29, 1.82) is 0 Å². The van der Waals surface area contributed by atoms with E-state index in [0.717, 1.165) is 12.8 Å². The molecule has 1 spiro atoms. The molecule has 7 nitrogen and oxygen atoms in total. The Balaban J connectivity index is 2.14. The van der Waals surface area contributed by atoms with Gasteiger partial charge in [-0.2, -0.15) is 0 Å². The Kier molecular flexibility index (Phi) is 8.83. The molecule has 0 aromatic carbocycles. The van der Waals surface area contributed by atoms with Gasteiger partial charge in [0, 0.05) is 22.7 Å². The molecule has 9 heteroatoms. The molecule has 3 heterocycles. The molecule has 34 heavy (non-hydrogen) atoms. The van der Waals surface area contributed by atoms with Crippen molar-refractivity contribution in [2.75, 3.05) is 19.8 Å². The number of hydrogen-bond acceptors (Lipinski definition) is 6. The van der Waals surface area contributed by atoms with Crippen molar-refractivity contribution < 1.29 is 24.2 Å². The zero-order chi connectivity index (χ0) is 25.4. The summed E-state index contributed by atoms with van der Waals surface area (Å²) >= 11 is 5.36. The fourth-order valence-electron chi connectivity index (χ4n) is 6.19. The van der Waals surface area contributed by atoms with Crippen LogP contribution in [0.5, 0.6) is 0 Å². The Morgan fingerprint density at radius 2 is 2.06 bits per heavy atom. The number of aliphatic hydroxyl groups excluding tert-OH is 1. The molecule has 2 bridgehead atoms. The second kappa shape index (κ2) is 10.9. The molecule has 3 aliphatic rings. The van der Waals surface area contributed by atoms with Crippen LogP contribution in [-0.4, -0.2) is 85.4 Å². The van der Waals surface area contributed by atoms with Gasteiger partial charge in [-0.25, -0.2) is 0 Å². The van der Waals surface area contributed by atoms with E-state index in [9.17, 15) is 19.5 Å². The summed E-state index contributed by atoms with van der Waals surface area (Å²) in [5.41, 5.74) is 0. The van der Waals surface area contributed by atoms with Gasteiger partial charge in [-0.05, 0) is 32.6 Å². The second-order valence-corrected chi connectivity index (χ2v) is 12.8. The molecule has 0 radical (unpaired) electrons. The van der Waals surface area contributed by atoms with Gasteiger partial charge >= 0.3 is 5.97 Å². The molecule has 0 aromatic rings. The highest BCUT2D eigenvalue weighted by atomic mass is 79.9. The lowest BCUT2D eigenvalue weighted by Crippen LogP contribution is -2.59. The maximum atomic E-state index is 14.3. The predicted molar refractivity (Wildman–Crippen MR) is 138 cm³/mol. The minimum atomic E-state index is -0.752. The Bertz CT molecular complexity index is 810. The summed E-state index contributed by atoms with van der Waals surface area (Å²) in [7, 11) is 0. The van der Waals surface area contributed by atoms with Gasteiger partial charge in [-0.3, -0.25) is 14.4 Å². The highest BCUT2D eigenvalue weighted by Gasteiger charge is 2.76. The molecular weight excluding hydrogens is 520 g/mol. The number of esters is 1. The summed E-state index contributed by atoms with van der Waals surface area (Å²) in [5, 5.41) is 10.2.